The first-order valence-corrected chi connectivity index (χ1v) is 7.27. The van der Waals surface area contributed by atoms with Gasteiger partial charge < -0.3 is 0 Å². The Morgan fingerprint density at radius 1 is 1.40 bits per heavy atom. The van der Waals surface area contributed by atoms with Gasteiger partial charge in [0.15, 0.2) is 5.78 Å². The van der Waals surface area contributed by atoms with E-state index >= 15 is 0 Å². The Bertz CT molecular complexity index is 537. The quantitative estimate of drug-likeness (QED) is 0.616. The average Bonchev–Trinajstić information content (AvgIpc) is 2.66. The Morgan fingerprint density at radius 2 is 2.05 bits per heavy atom. The minimum atomic E-state index is -0.476. The summed E-state index contributed by atoms with van der Waals surface area (Å²) in [6, 6.07) is 0. The maximum atomic E-state index is 12.6. The van der Waals surface area contributed by atoms with Crippen LogP contribution in [0.25, 0.3) is 0 Å². The molecule has 4 nitrogen and oxygen atoms in total. The minimum absolute atomic E-state index is 0.0467. The molecule has 1 fully saturated rings. The first-order chi connectivity index (χ1) is 9.20. The molecule has 2 atom stereocenters. The standard InChI is InChI=1S/C16H24N2O2/c1-10-13(9-18(5)17-10)15(20)12-8-11(16(2,3)4)6-7-14(12)19/h9,11-12H,6-8H2,1-5H3. The smallest absolute Gasteiger partial charge is 0.176 e. The van der Waals surface area contributed by atoms with Crippen molar-refractivity contribution in [3.63, 3.8) is 0 Å². The predicted octanol–water partition coefficient (Wildman–Crippen LogP) is 2.94. The fraction of sp³-hybridized carbons (Fsp3) is 0.688. The lowest BCUT2D eigenvalue weighted by atomic mass is 9.67. The van der Waals surface area contributed by atoms with Gasteiger partial charge in [0.2, 0.25) is 0 Å². The van der Waals surface area contributed by atoms with Crippen LogP contribution in [0.1, 0.15) is 56.1 Å². The van der Waals surface area contributed by atoms with E-state index in [1.54, 1.807) is 17.9 Å². The SMILES string of the molecule is Cc1nn(C)cc1C(=O)C1CC(C(C)(C)C)CCC1=O. The lowest BCUT2D eigenvalue weighted by Gasteiger charge is -2.36. The van der Waals surface area contributed by atoms with Gasteiger partial charge in [-0.05, 0) is 31.1 Å². The Morgan fingerprint density at radius 3 is 2.55 bits per heavy atom. The van der Waals surface area contributed by atoms with E-state index in [0.717, 1.165) is 6.42 Å². The molecule has 0 saturated heterocycles. The summed E-state index contributed by atoms with van der Waals surface area (Å²) < 4.78 is 1.64. The molecule has 20 heavy (non-hydrogen) atoms. The van der Waals surface area contributed by atoms with Crippen molar-refractivity contribution < 1.29 is 9.59 Å². The summed E-state index contributed by atoms with van der Waals surface area (Å²) >= 11 is 0. The molecule has 110 valence electrons. The fourth-order valence-electron chi connectivity index (χ4n) is 3.09. The third-order valence-corrected chi connectivity index (χ3v) is 4.47. The number of aromatic nitrogens is 2. The maximum Gasteiger partial charge on any atom is 0.176 e. The molecule has 2 rings (SSSR count). The van der Waals surface area contributed by atoms with Gasteiger partial charge in [0.05, 0.1) is 17.2 Å². The van der Waals surface area contributed by atoms with Crippen molar-refractivity contribution in [2.75, 3.05) is 0 Å². The van der Waals surface area contributed by atoms with Gasteiger partial charge in [0.1, 0.15) is 5.78 Å². The van der Waals surface area contributed by atoms with Gasteiger partial charge >= 0.3 is 0 Å². The van der Waals surface area contributed by atoms with Crippen molar-refractivity contribution in [1.29, 1.82) is 0 Å². The summed E-state index contributed by atoms with van der Waals surface area (Å²) in [5.74, 6) is -0.00435. The molecule has 1 aliphatic rings. The highest BCUT2D eigenvalue weighted by atomic mass is 16.2. The summed E-state index contributed by atoms with van der Waals surface area (Å²) in [6.45, 7) is 8.38. The highest BCUT2D eigenvalue weighted by Gasteiger charge is 2.39. The number of carbonyl (C=O) groups is 2. The van der Waals surface area contributed by atoms with Crippen molar-refractivity contribution in [2.45, 2.75) is 47.0 Å². The Hall–Kier alpha value is -1.45. The monoisotopic (exact) mass is 276 g/mol. The van der Waals surface area contributed by atoms with Crippen LogP contribution in [0.5, 0.6) is 0 Å². The van der Waals surface area contributed by atoms with E-state index in [9.17, 15) is 9.59 Å². The van der Waals surface area contributed by atoms with E-state index in [-0.39, 0.29) is 17.0 Å². The highest BCUT2D eigenvalue weighted by Crippen LogP contribution is 2.40. The number of nitrogens with zero attached hydrogens (tertiary/aromatic N) is 2. The van der Waals surface area contributed by atoms with E-state index in [4.69, 9.17) is 0 Å². The van der Waals surface area contributed by atoms with E-state index in [2.05, 4.69) is 25.9 Å². The molecule has 4 heteroatoms. The van der Waals surface area contributed by atoms with Gasteiger partial charge in [0, 0.05) is 19.7 Å². The van der Waals surface area contributed by atoms with Crippen LogP contribution in [-0.4, -0.2) is 21.3 Å². The molecule has 1 heterocycles. The highest BCUT2D eigenvalue weighted by molar-refractivity contribution is 6.11. The number of hydrogen-bond donors (Lipinski definition) is 0. The molecule has 0 spiro atoms. The van der Waals surface area contributed by atoms with E-state index in [1.807, 2.05) is 6.92 Å². The minimum Gasteiger partial charge on any atom is -0.299 e. The third-order valence-electron chi connectivity index (χ3n) is 4.47. The average molecular weight is 276 g/mol. The molecule has 0 amide bonds. The largest absolute Gasteiger partial charge is 0.299 e. The lowest BCUT2D eigenvalue weighted by molar-refractivity contribution is -0.124. The van der Waals surface area contributed by atoms with Crippen LogP contribution in [0.3, 0.4) is 0 Å². The van der Waals surface area contributed by atoms with Gasteiger partial charge in [-0.15, -0.1) is 0 Å². The predicted molar refractivity (Wildman–Crippen MR) is 77.6 cm³/mol. The van der Waals surface area contributed by atoms with Gasteiger partial charge in [-0.2, -0.15) is 5.10 Å². The first kappa shape index (κ1) is 14.9. The van der Waals surface area contributed by atoms with Gasteiger partial charge in [-0.25, -0.2) is 0 Å². The van der Waals surface area contributed by atoms with Crippen molar-refractivity contribution in [2.24, 2.45) is 24.3 Å². The normalized spacial score (nSPS) is 23.9. The van der Waals surface area contributed by atoms with Gasteiger partial charge in [-0.1, -0.05) is 20.8 Å². The molecular formula is C16H24N2O2. The molecule has 0 radical (unpaired) electrons. The molecule has 0 bridgehead atoms. The fourth-order valence-corrected chi connectivity index (χ4v) is 3.09. The van der Waals surface area contributed by atoms with Crippen molar-refractivity contribution in [1.82, 2.24) is 9.78 Å². The van der Waals surface area contributed by atoms with Crippen LogP contribution >= 0.6 is 0 Å². The number of carbonyl (C=O) groups excluding carboxylic acids is 2. The molecule has 2 unspecified atom stereocenters. The summed E-state index contributed by atoms with van der Waals surface area (Å²) in [7, 11) is 1.80. The molecular weight excluding hydrogens is 252 g/mol. The third kappa shape index (κ3) is 2.84. The van der Waals surface area contributed by atoms with Gasteiger partial charge in [-0.3, -0.25) is 14.3 Å². The molecule has 0 aliphatic heterocycles. The molecule has 0 aromatic carbocycles. The second kappa shape index (κ2) is 5.15. The van der Waals surface area contributed by atoms with Crippen molar-refractivity contribution >= 4 is 11.6 Å². The number of rotatable bonds is 2. The van der Waals surface area contributed by atoms with Crippen molar-refractivity contribution in [3.05, 3.63) is 17.5 Å². The van der Waals surface area contributed by atoms with E-state index < -0.39 is 5.92 Å². The number of hydrogen-bond acceptors (Lipinski definition) is 3. The van der Waals surface area contributed by atoms with E-state index in [0.29, 0.717) is 30.0 Å². The van der Waals surface area contributed by atoms with Crippen LogP contribution in [0.4, 0.5) is 0 Å². The zero-order valence-electron chi connectivity index (χ0n) is 13.1. The Balaban J connectivity index is 2.24. The molecule has 1 aromatic heterocycles. The van der Waals surface area contributed by atoms with Crippen LogP contribution in [0.15, 0.2) is 6.20 Å². The second-order valence-corrected chi connectivity index (χ2v) is 7.02. The van der Waals surface area contributed by atoms with Crippen LogP contribution in [-0.2, 0) is 11.8 Å². The molecule has 1 saturated carbocycles. The van der Waals surface area contributed by atoms with E-state index in [1.165, 1.54) is 0 Å². The zero-order chi connectivity index (χ0) is 15.1. The summed E-state index contributed by atoms with van der Waals surface area (Å²) in [5, 5.41) is 4.20. The molecule has 1 aliphatic carbocycles. The summed E-state index contributed by atoms with van der Waals surface area (Å²) in [6.07, 6.45) is 3.83. The van der Waals surface area contributed by atoms with Crippen LogP contribution in [0.2, 0.25) is 0 Å². The summed E-state index contributed by atoms with van der Waals surface area (Å²) in [4.78, 5) is 24.8. The lowest BCUT2D eigenvalue weighted by Crippen LogP contribution is -2.36. The maximum absolute atomic E-state index is 12.6. The number of ketones is 2. The second-order valence-electron chi connectivity index (χ2n) is 7.02. The number of Topliss-reactive ketones (excluding diaryl/α,β-unsaturated/α-hetero) is 2. The zero-order valence-corrected chi connectivity index (χ0v) is 13.1. The van der Waals surface area contributed by atoms with Crippen molar-refractivity contribution in [3.8, 4) is 0 Å². The molecule has 1 aromatic rings. The van der Waals surface area contributed by atoms with Crippen LogP contribution in [0, 0.1) is 24.2 Å². The first-order valence-electron chi connectivity index (χ1n) is 7.27. The van der Waals surface area contributed by atoms with Gasteiger partial charge in [0.25, 0.3) is 0 Å². The Labute approximate surface area is 120 Å². The van der Waals surface area contributed by atoms with Crippen LogP contribution < -0.4 is 0 Å². The molecule has 0 N–H and O–H groups in total. The topological polar surface area (TPSA) is 52.0 Å². The number of aryl methyl sites for hydroxylation is 2. The summed E-state index contributed by atoms with van der Waals surface area (Å²) in [5.41, 5.74) is 1.45. The Kier molecular flexibility index (Phi) is 3.85.